The molecule has 0 saturated heterocycles. The quantitative estimate of drug-likeness (QED) is 0.353. The van der Waals surface area contributed by atoms with Crippen molar-refractivity contribution in [2.24, 2.45) is 0 Å². The van der Waals surface area contributed by atoms with Gasteiger partial charge in [0.25, 0.3) is 0 Å². The van der Waals surface area contributed by atoms with Gasteiger partial charge in [0.05, 0.1) is 17.8 Å². The standard InChI is InChI=1S/C7H14O4/c1-7(11)2-4(8)6(10)5(9)3-7/h4-6,8-11H,2-3H2,1H3. The Morgan fingerprint density at radius 1 is 1.09 bits per heavy atom. The van der Waals surface area contributed by atoms with Gasteiger partial charge in [-0.3, -0.25) is 0 Å². The number of hydrogen-bond donors (Lipinski definition) is 4. The van der Waals surface area contributed by atoms with Gasteiger partial charge in [-0.2, -0.15) is 0 Å². The predicted molar refractivity (Wildman–Crippen MR) is 37.9 cm³/mol. The highest BCUT2D eigenvalue weighted by molar-refractivity contribution is 4.92. The maximum absolute atomic E-state index is 9.40. The summed E-state index contributed by atoms with van der Waals surface area (Å²) in [7, 11) is 0. The summed E-state index contributed by atoms with van der Waals surface area (Å²) in [6.45, 7) is 1.53. The molecule has 1 saturated carbocycles. The molecule has 0 aromatic carbocycles. The lowest BCUT2D eigenvalue weighted by molar-refractivity contribution is -0.147. The molecule has 2 atom stereocenters. The van der Waals surface area contributed by atoms with Crippen LogP contribution in [0.1, 0.15) is 19.8 Å². The van der Waals surface area contributed by atoms with Gasteiger partial charge in [0, 0.05) is 12.8 Å². The van der Waals surface area contributed by atoms with E-state index in [-0.39, 0.29) is 12.8 Å². The highest BCUT2D eigenvalue weighted by Gasteiger charge is 2.40. The van der Waals surface area contributed by atoms with Crippen molar-refractivity contribution in [3.05, 3.63) is 0 Å². The van der Waals surface area contributed by atoms with E-state index in [9.17, 15) is 5.11 Å². The van der Waals surface area contributed by atoms with Crippen LogP contribution < -0.4 is 0 Å². The Hall–Kier alpha value is -0.160. The van der Waals surface area contributed by atoms with Crippen LogP contribution in [0.15, 0.2) is 0 Å². The minimum absolute atomic E-state index is 0.116. The van der Waals surface area contributed by atoms with Gasteiger partial charge in [0.15, 0.2) is 0 Å². The smallest absolute Gasteiger partial charge is 0.106 e. The largest absolute Gasteiger partial charge is 0.390 e. The molecule has 11 heavy (non-hydrogen) atoms. The van der Waals surface area contributed by atoms with E-state index in [0.29, 0.717) is 0 Å². The Balaban J connectivity index is 2.62. The second-order valence-corrected chi connectivity index (χ2v) is 3.53. The monoisotopic (exact) mass is 162 g/mol. The van der Waals surface area contributed by atoms with Gasteiger partial charge in [-0.25, -0.2) is 0 Å². The second kappa shape index (κ2) is 2.71. The van der Waals surface area contributed by atoms with Crippen LogP contribution >= 0.6 is 0 Å². The Morgan fingerprint density at radius 2 is 1.45 bits per heavy atom. The molecule has 0 amide bonds. The van der Waals surface area contributed by atoms with Gasteiger partial charge in [-0.05, 0) is 6.92 Å². The molecule has 0 spiro atoms. The molecule has 0 aliphatic heterocycles. The SMILES string of the molecule is CC1(O)CC(O)C(O)C(O)C1. The molecule has 1 aliphatic carbocycles. The molecule has 66 valence electrons. The van der Waals surface area contributed by atoms with Gasteiger partial charge < -0.3 is 20.4 Å². The van der Waals surface area contributed by atoms with Crippen LogP contribution in [0.25, 0.3) is 0 Å². The van der Waals surface area contributed by atoms with Gasteiger partial charge in [0.2, 0.25) is 0 Å². The molecule has 1 rings (SSSR count). The number of rotatable bonds is 0. The molecular formula is C7H14O4. The molecule has 0 aromatic heterocycles. The lowest BCUT2D eigenvalue weighted by atomic mass is 9.81. The van der Waals surface area contributed by atoms with Crippen LogP contribution in [0.3, 0.4) is 0 Å². The molecular weight excluding hydrogens is 148 g/mol. The normalized spacial score (nSPS) is 52.6. The third-order valence-corrected chi connectivity index (χ3v) is 2.09. The molecule has 0 heterocycles. The van der Waals surface area contributed by atoms with Crippen LogP contribution in [0, 0.1) is 0 Å². The van der Waals surface area contributed by atoms with Crippen molar-refractivity contribution in [1.82, 2.24) is 0 Å². The second-order valence-electron chi connectivity index (χ2n) is 3.53. The third kappa shape index (κ3) is 1.90. The predicted octanol–water partition coefficient (Wildman–Crippen LogP) is -1.39. The van der Waals surface area contributed by atoms with E-state index in [4.69, 9.17) is 15.3 Å². The summed E-state index contributed by atoms with van der Waals surface area (Å²) in [6, 6.07) is 0. The van der Waals surface area contributed by atoms with Gasteiger partial charge in [-0.15, -0.1) is 0 Å². The average molecular weight is 162 g/mol. The van der Waals surface area contributed by atoms with Crippen LogP contribution in [-0.4, -0.2) is 44.3 Å². The fraction of sp³-hybridized carbons (Fsp3) is 1.00. The first-order chi connectivity index (χ1) is 4.92. The van der Waals surface area contributed by atoms with E-state index in [1.807, 2.05) is 0 Å². The van der Waals surface area contributed by atoms with E-state index in [2.05, 4.69) is 0 Å². The fourth-order valence-electron chi connectivity index (χ4n) is 1.48. The van der Waals surface area contributed by atoms with Crippen LogP contribution in [-0.2, 0) is 0 Å². The Kier molecular flexibility index (Phi) is 2.20. The summed E-state index contributed by atoms with van der Waals surface area (Å²) in [5.41, 5.74) is -1.06. The van der Waals surface area contributed by atoms with E-state index in [1.54, 1.807) is 0 Å². The van der Waals surface area contributed by atoms with Crippen molar-refractivity contribution in [1.29, 1.82) is 0 Å². The summed E-state index contributed by atoms with van der Waals surface area (Å²) in [5, 5.41) is 36.7. The molecule has 0 radical (unpaired) electrons. The first kappa shape index (κ1) is 8.93. The van der Waals surface area contributed by atoms with Crippen LogP contribution in [0.4, 0.5) is 0 Å². The Labute approximate surface area is 65.1 Å². The van der Waals surface area contributed by atoms with Gasteiger partial charge >= 0.3 is 0 Å². The molecule has 0 bridgehead atoms. The molecule has 0 aromatic rings. The van der Waals surface area contributed by atoms with Crippen LogP contribution in [0.2, 0.25) is 0 Å². The Morgan fingerprint density at radius 3 is 1.82 bits per heavy atom. The third-order valence-electron chi connectivity index (χ3n) is 2.09. The maximum Gasteiger partial charge on any atom is 0.106 e. The van der Waals surface area contributed by atoms with Crippen molar-refractivity contribution >= 4 is 0 Å². The zero-order chi connectivity index (χ0) is 8.65. The van der Waals surface area contributed by atoms with Crippen molar-refractivity contribution in [3.8, 4) is 0 Å². The topological polar surface area (TPSA) is 80.9 Å². The van der Waals surface area contributed by atoms with Crippen LogP contribution in [0.5, 0.6) is 0 Å². The van der Waals surface area contributed by atoms with Crippen molar-refractivity contribution < 1.29 is 20.4 Å². The average Bonchev–Trinajstić information content (AvgIpc) is 1.81. The molecule has 1 aliphatic rings. The summed E-state index contributed by atoms with van der Waals surface area (Å²) in [4.78, 5) is 0. The minimum atomic E-state index is -1.12. The van der Waals surface area contributed by atoms with E-state index < -0.39 is 23.9 Å². The maximum atomic E-state index is 9.40. The summed E-state index contributed by atoms with van der Waals surface area (Å²) < 4.78 is 0. The van der Waals surface area contributed by atoms with Crippen molar-refractivity contribution in [3.63, 3.8) is 0 Å². The minimum Gasteiger partial charge on any atom is -0.390 e. The van der Waals surface area contributed by atoms with E-state index in [1.165, 1.54) is 6.92 Å². The van der Waals surface area contributed by atoms with Crippen molar-refractivity contribution in [2.75, 3.05) is 0 Å². The van der Waals surface area contributed by atoms with E-state index >= 15 is 0 Å². The van der Waals surface area contributed by atoms with Gasteiger partial charge in [0.1, 0.15) is 6.10 Å². The number of hydrogen-bond acceptors (Lipinski definition) is 4. The first-order valence-corrected chi connectivity index (χ1v) is 3.69. The molecule has 1 fully saturated rings. The number of aliphatic hydroxyl groups excluding tert-OH is 3. The fourth-order valence-corrected chi connectivity index (χ4v) is 1.48. The molecule has 2 unspecified atom stereocenters. The molecule has 4 N–H and O–H groups in total. The Bertz CT molecular complexity index is 131. The lowest BCUT2D eigenvalue weighted by Crippen LogP contribution is -2.51. The van der Waals surface area contributed by atoms with Crippen molar-refractivity contribution in [2.45, 2.75) is 43.7 Å². The molecule has 4 nitrogen and oxygen atoms in total. The summed E-state index contributed by atoms with van der Waals surface area (Å²) >= 11 is 0. The first-order valence-electron chi connectivity index (χ1n) is 3.69. The summed E-state index contributed by atoms with van der Waals surface area (Å²) in [6.07, 6.45) is -2.92. The lowest BCUT2D eigenvalue weighted by Gasteiger charge is -2.37. The molecule has 4 heteroatoms. The summed E-state index contributed by atoms with van der Waals surface area (Å²) in [5.74, 6) is 0. The van der Waals surface area contributed by atoms with Gasteiger partial charge in [-0.1, -0.05) is 0 Å². The van der Waals surface area contributed by atoms with E-state index in [0.717, 1.165) is 0 Å². The highest BCUT2D eigenvalue weighted by atomic mass is 16.4. The number of aliphatic hydroxyl groups is 4. The highest BCUT2D eigenvalue weighted by Crippen LogP contribution is 2.28. The zero-order valence-electron chi connectivity index (χ0n) is 6.44. The zero-order valence-corrected chi connectivity index (χ0v) is 6.44.